The number of piperidine rings is 1. The van der Waals surface area contributed by atoms with Crippen molar-refractivity contribution in [3.63, 3.8) is 0 Å². The Morgan fingerprint density at radius 1 is 1.19 bits per heavy atom. The summed E-state index contributed by atoms with van der Waals surface area (Å²) in [4.78, 5) is 2.69. The molecule has 1 nitrogen and oxygen atoms in total. The molecule has 1 aliphatic heterocycles. The Kier molecular flexibility index (Phi) is 3.61. The van der Waals surface area contributed by atoms with Gasteiger partial charge in [-0.1, -0.05) is 20.8 Å². The molecule has 0 amide bonds. The third kappa shape index (κ3) is 2.95. The van der Waals surface area contributed by atoms with E-state index in [1.165, 1.54) is 45.3 Å². The normalized spacial score (nSPS) is 27.0. The molecule has 0 atom stereocenters. The Morgan fingerprint density at radius 2 is 1.75 bits per heavy atom. The van der Waals surface area contributed by atoms with Gasteiger partial charge in [0, 0.05) is 6.54 Å². The van der Waals surface area contributed by atoms with Crippen molar-refractivity contribution in [3.8, 4) is 0 Å². The summed E-state index contributed by atoms with van der Waals surface area (Å²) in [7, 11) is 0. The SMILES string of the molecule is CC(C)(C)C1CCN(CC2(CS)CC2)CC1. The lowest BCUT2D eigenvalue weighted by Gasteiger charge is -2.39. The summed E-state index contributed by atoms with van der Waals surface area (Å²) < 4.78 is 0. The first-order chi connectivity index (χ1) is 7.45. The molecular formula is C14H27NS. The fourth-order valence-corrected chi connectivity index (χ4v) is 3.39. The summed E-state index contributed by atoms with van der Waals surface area (Å²) in [6.07, 6.45) is 5.61. The molecule has 0 aromatic carbocycles. The predicted octanol–water partition coefficient (Wildman–Crippen LogP) is 3.45. The van der Waals surface area contributed by atoms with Gasteiger partial charge in [0.15, 0.2) is 0 Å². The first kappa shape index (κ1) is 12.8. The number of hydrogen-bond donors (Lipinski definition) is 1. The molecule has 1 saturated heterocycles. The molecule has 2 fully saturated rings. The molecule has 0 unspecified atom stereocenters. The van der Waals surface area contributed by atoms with E-state index in [1.54, 1.807) is 0 Å². The minimum absolute atomic E-state index is 0.507. The molecule has 0 N–H and O–H groups in total. The van der Waals surface area contributed by atoms with Crippen LogP contribution >= 0.6 is 12.6 Å². The Labute approximate surface area is 106 Å². The van der Waals surface area contributed by atoms with E-state index in [0.29, 0.717) is 10.8 Å². The molecule has 94 valence electrons. The molecule has 1 heterocycles. The molecule has 0 aromatic rings. The van der Waals surface area contributed by atoms with Crippen LogP contribution in [0.2, 0.25) is 0 Å². The smallest absolute Gasteiger partial charge is 0.00458 e. The molecule has 1 aliphatic carbocycles. The minimum atomic E-state index is 0.507. The maximum atomic E-state index is 4.50. The van der Waals surface area contributed by atoms with Gasteiger partial charge in [0.25, 0.3) is 0 Å². The zero-order valence-electron chi connectivity index (χ0n) is 11.1. The fraction of sp³-hybridized carbons (Fsp3) is 1.00. The Balaban J connectivity index is 1.77. The highest BCUT2D eigenvalue weighted by atomic mass is 32.1. The molecule has 2 rings (SSSR count). The summed E-state index contributed by atoms with van der Waals surface area (Å²) in [5.41, 5.74) is 1.12. The topological polar surface area (TPSA) is 3.24 Å². The highest BCUT2D eigenvalue weighted by Crippen LogP contribution is 2.47. The van der Waals surface area contributed by atoms with E-state index in [4.69, 9.17) is 0 Å². The second kappa shape index (κ2) is 4.53. The van der Waals surface area contributed by atoms with Crippen LogP contribution in [0.5, 0.6) is 0 Å². The number of rotatable bonds is 3. The summed E-state index contributed by atoms with van der Waals surface area (Å²) in [6.45, 7) is 11.1. The van der Waals surface area contributed by atoms with Crippen molar-refractivity contribution < 1.29 is 0 Å². The van der Waals surface area contributed by atoms with Gasteiger partial charge in [-0.25, -0.2) is 0 Å². The van der Waals surface area contributed by atoms with Crippen molar-refractivity contribution in [1.29, 1.82) is 0 Å². The van der Waals surface area contributed by atoms with Crippen LogP contribution in [0.4, 0.5) is 0 Å². The van der Waals surface area contributed by atoms with Crippen LogP contribution in [0.3, 0.4) is 0 Å². The average Bonchev–Trinajstić information content (AvgIpc) is 2.98. The molecule has 0 bridgehead atoms. The lowest BCUT2D eigenvalue weighted by atomic mass is 9.75. The zero-order chi connectivity index (χ0) is 11.8. The van der Waals surface area contributed by atoms with Gasteiger partial charge < -0.3 is 4.90 Å². The van der Waals surface area contributed by atoms with Gasteiger partial charge in [-0.3, -0.25) is 0 Å². The van der Waals surface area contributed by atoms with Crippen LogP contribution in [0, 0.1) is 16.7 Å². The third-order valence-electron chi connectivity index (χ3n) is 4.66. The Bertz CT molecular complexity index is 232. The quantitative estimate of drug-likeness (QED) is 0.741. The number of thiol groups is 1. The third-order valence-corrected chi connectivity index (χ3v) is 5.33. The molecule has 0 radical (unpaired) electrons. The first-order valence-corrected chi connectivity index (χ1v) is 7.42. The van der Waals surface area contributed by atoms with Gasteiger partial charge in [-0.15, -0.1) is 0 Å². The van der Waals surface area contributed by atoms with E-state index in [1.807, 2.05) is 0 Å². The summed E-state index contributed by atoms with van der Waals surface area (Å²) >= 11 is 4.50. The lowest BCUT2D eigenvalue weighted by Crippen LogP contribution is -2.41. The first-order valence-electron chi connectivity index (χ1n) is 6.78. The summed E-state index contributed by atoms with van der Waals surface area (Å²) in [5, 5.41) is 0. The number of likely N-dealkylation sites (tertiary alicyclic amines) is 1. The van der Waals surface area contributed by atoms with Crippen LogP contribution in [-0.4, -0.2) is 30.3 Å². The van der Waals surface area contributed by atoms with Crippen LogP contribution in [0.1, 0.15) is 46.5 Å². The van der Waals surface area contributed by atoms with Gasteiger partial charge >= 0.3 is 0 Å². The van der Waals surface area contributed by atoms with Gasteiger partial charge in [0.05, 0.1) is 0 Å². The standard InChI is InChI=1S/C14H27NS/c1-13(2,3)12-4-8-15(9-5-12)10-14(11-16)6-7-14/h12,16H,4-11H2,1-3H3. The lowest BCUT2D eigenvalue weighted by molar-refractivity contribution is 0.100. The van der Waals surface area contributed by atoms with E-state index >= 15 is 0 Å². The summed E-state index contributed by atoms with van der Waals surface area (Å²) in [6, 6.07) is 0. The van der Waals surface area contributed by atoms with E-state index < -0.39 is 0 Å². The number of hydrogen-bond acceptors (Lipinski definition) is 2. The minimum Gasteiger partial charge on any atom is -0.303 e. The van der Waals surface area contributed by atoms with Crippen LogP contribution in [0.25, 0.3) is 0 Å². The van der Waals surface area contributed by atoms with Crippen LogP contribution in [-0.2, 0) is 0 Å². The molecular weight excluding hydrogens is 214 g/mol. The number of nitrogens with zero attached hydrogens (tertiary/aromatic N) is 1. The zero-order valence-corrected chi connectivity index (χ0v) is 12.0. The Morgan fingerprint density at radius 3 is 2.12 bits per heavy atom. The van der Waals surface area contributed by atoms with Gasteiger partial charge in [-0.2, -0.15) is 12.6 Å². The second-order valence-corrected chi connectivity index (χ2v) is 7.39. The molecule has 0 aromatic heterocycles. The van der Waals surface area contributed by atoms with E-state index in [9.17, 15) is 0 Å². The van der Waals surface area contributed by atoms with Crippen LogP contribution in [0.15, 0.2) is 0 Å². The molecule has 2 aliphatic rings. The fourth-order valence-electron chi connectivity index (χ4n) is 2.97. The highest BCUT2D eigenvalue weighted by molar-refractivity contribution is 7.80. The van der Waals surface area contributed by atoms with Crippen molar-refractivity contribution in [2.75, 3.05) is 25.4 Å². The monoisotopic (exact) mass is 241 g/mol. The maximum Gasteiger partial charge on any atom is 0.00458 e. The van der Waals surface area contributed by atoms with Gasteiger partial charge in [0.1, 0.15) is 0 Å². The molecule has 1 saturated carbocycles. The highest BCUT2D eigenvalue weighted by Gasteiger charge is 2.43. The van der Waals surface area contributed by atoms with Crippen LogP contribution < -0.4 is 0 Å². The summed E-state index contributed by atoms with van der Waals surface area (Å²) in [5.74, 6) is 2.02. The van der Waals surface area contributed by atoms with Crippen molar-refractivity contribution in [2.24, 2.45) is 16.7 Å². The van der Waals surface area contributed by atoms with E-state index in [2.05, 4.69) is 38.3 Å². The molecule has 0 spiro atoms. The average molecular weight is 241 g/mol. The van der Waals surface area contributed by atoms with Crippen molar-refractivity contribution in [2.45, 2.75) is 46.5 Å². The van der Waals surface area contributed by atoms with E-state index in [-0.39, 0.29) is 0 Å². The van der Waals surface area contributed by atoms with Crippen molar-refractivity contribution in [1.82, 2.24) is 4.90 Å². The van der Waals surface area contributed by atoms with E-state index in [0.717, 1.165) is 11.7 Å². The molecule has 16 heavy (non-hydrogen) atoms. The largest absolute Gasteiger partial charge is 0.303 e. The second-order valence-electron chi connectivity index (χ2n) is 7.07. The van der Waals surface area contributed by atoms with Crippen molar-refractivity contribution >= 4 is 12.6 Å². The van der Waals surface area contributed by atoms with Gasteiger partial charge in [0.2, 0.25) is 0 Å². The maximum absolute atomic E-state index is 4.50. The predicted molar refractivity (Wildman–Crippen MR) is 74.1 cm³/mol. The van der Waals surface area contributed by atoms with Crippen molar-refractivity contribution in [3.05, 3.63) is 0 Å². The van der Waals surface area contributed by atoms with Gasteiger partial charge in [-0.05, 0) is 61.3 Å². The Hall–Kier alpha value is 0.310. The molecule has 2 heteroatoms.